The van der Waals surface area contributed by atoms with Crippen molar-refractivity contribution < 1.29 is 23.9 Å². The lowest BCUT2D eigenvalue weighted by atomic mass is 10.0. The number of methoxy groups -OCH3 is 1. The van der Waals surface area contributed by atoms with E-state index in [1.54, 1.807) is 67.5 Å². The van der Waals surface area contributed by atoms with Crippen molar-refractivity contribution in [3.05, 3.63) is 65.2 Å². The molecule has 0 bridgehead atoms. The van der Waals surface area contributed by atoms with E-state index in [0.717, 1.165) is 4.90 Å². The predicted octanol–water partition coefficient (Wildman–Crippen LogP) is 2.10. The monoisotopic (exact) mass is 435 g/mol. The number of hydrogen-bond acceptors (Lipinski definition) is 5. The Balaban J connectivity index is 1.33. The number of ether oxygens (including phenoxy) is 1. The van der Waals surface area contributed by atoms with Crippen LogP contribution in [-0.2, 0) is 4.79 Å². The van der Waals surface area contributed by atoms with Crippen molar-refractivity contribution in [2.45, 2.75) is 31.8 Å². The third kappa shape index (κ3) is 3.95. The Kier molecular flexibility index (Phi) is 5.94. The van der Waals surface area contributed by atoms with Gasteiger partial charge in [-0.25, -0.2) is 0 Å². The van der Waals surface area contributed by atoms with E-state index in [2.05, 4.69) is 5.32 Å². The average Bonchev–Trinajstić information content (AvgIpc) is 3.08. The van der Waals surface area contributed by atoms with E-state index in [1.165, 1.54) is 0 Å². The summed E-state index contributed by atoms with van der Waals surface area (Å²) in [4.78, 5) is 53.5. The van der Waals surface area contributed by atoms with Crippen LogP contribution in [0.1, 0.15) is 50.8 Å². The van der Waals surface area contributed by atoms with Gasteiger partial charge in [0.2, 0.25) is 5.91 Å². The number of likely N-dealkylation sites (tertiary alicyclic amines) is 1. The van der Waals surface area contributed by atoms with Gasteiger partial charge in [0.15, 0.2) is 0 Å². The largest absolute Gasteiger partial charge is 0.497 e. The normalized spacial score (nSPS) is 17.2. The van der Waals surface area contributed by atoms with Crippen LogP contribution in [0.25, 0.3) is 0 Å². The summed E-state index contributed by atoms with van der Waals surface area (Å²) in [6, 6.07) is 12.5. The smallest absolute Gasteiger partial charge is 0.262 e. The second kappa shape index (κ2) is 8.82. The van der Waals surface area contributed by atoms with Crippen molar-refractivity contribution in [1.82, 2.24) is 15.1 Å². The lowest BCUT2D eigenvalue weighted by molar-refractivity contribution is -0.136. The van der Waals surface area contributed by atoms with Crippen LogP contribution in [0.3, 0.4) is 0 Å². The van der Waals surface area contributed by atoms with Crippen molar-refractivity contribution in [3.63, 3.8) is 0 Å². The molecular formula is C24H25N3O5. The number of hydrogen-bond donors (Lipinski definition) is 1. The molecule has 1 N–H and O–H groups in total. The predicted molar refractivity (Wildman–Crippen MR) is 116 cm³/mol. The number of nitrogens with one attached hydrogen (secondary N) is 1. The second-order valence-electron chi connectivity index (χ2n) is 8.00. The molecule has 1 fully saturated rings. The topological polar surface area (TPSA) is 96.0 Å². The maximum atomic E-state index is 13.0. The van der Waals surface area contributed by atoms with Gasteiger partial charge in [0, 0.05) is 24.7 Å². The zero-order valence-corrected chi connectivity index (χ0v) is 18.0. The summed E-state index contributed by atoms with van der Waals surface area (Å²) in [6.07, 6.45) is 1.20. The fourth-order valence-corrected chi connectivity index (χ4v) is 4.19. The van der Waals surface area contributed by atoms with Crippen LogP contribution in [0, 0.1) is 0 Å². The first-order valence-corrected chi connectivity index (χ1v) is 10.6. The number of piperidine rings is 1. The summed E-state index contributed by atoms with van der Waals surface area (Å²) in [6.45, 7) is 2.47. The highest BCUT2D eigenvalue weighted by molar-refractivity contribution is 6.22. The summed E-state index contributed by atoms with van der Waals surface area (Å²) in [5, 5.41) is 3.01. The fraction of sp³-hybridized carbons (Fsp3) is 0.333. The number of nitrogens with zero attached hydrogens (tertiary/aromatic N) is 2. The first kappa shape index (κ1) is 21.5. The molecule has 166 valence electrons. The Morgan fingerprint density at radius 3 is 2.06 bits per heavy atom. The van der Waals surface area contributed by atoms with Crippen LogP contribution in [0.2, 0.25) is 0 Å². The Hall–Kier alpha value is -3.68. The highest BCUT2D eigenvalue weighted by Crippen LogP contribution is 2.25. The molecule has 8 nitrogen and oxygen atoms in total. The highest BCUT2D eigenvalue weighted by atomic mass is 16.5. The van der Waals surface area contributed by atoms with Gasteiger partial charge in [-0.05, 0) is 56.2 Å². The quantitative estimate of drug-likeness (QED) is 0.726. The van der Waals surface area contributed by atoms with Crippen molar-refractivity contribution in [2.75, 3.05) is 20.2 Å². The van der Waals surface area contributed by atoms with Crippen molar-refractivity contribution in [3.8, 4) is 5.75 Å². The van der Waals surface area contributed by atoms with E-state index in [1.807, 2.05) is 0 Å². The summed E-state index contributed by atoms with van der Waals surface area (Å²) < 4.78 is 5.11. The lowest BCUT2D eigenvalue weighted by Gasteiger charge is -2.35. The zero-order chi connectivity index (χ0) is 22.8. The van der Waals surface area contributed by atoms with Crippen LogP contribution in [0.5, 0.6) is 5.75 Å². The summed E-state index contributed by atoms with van der Waals surface area (Å²) in [5.41, 5.74) is 1.21. The van der Waals surface area contributed by atoms with Gasteiger partial charge in [-0.3, -0.25) is 24.1 Å². The van der Waals surface area contributed by atoms with Crippen LogP contribution in [-0.4, -0.2) is 65.7 Å². The molecule has 1 saturated heterocycles. The molecule has 4 rings (SSSR count). The van der Waals surface area contributed by atoms with E-state index in [0.29, 0.717) is 48.4 Å². The fourth-order valence-electron chi connectivity index (χ4n) is 4.19. The molecule has 2 aromatic rings. The van der Waals surface area contributed by atoms with E-state index >= 15 is 0 Å². The minimum absolute atomic E-state index is 0.0525. The van der Waals surface area contributed by atoms with Crippen LogP contribution >= 0.6 is 0 Å². The van der Waals surface area contributed by atoms with E-state index in [4.69, 9.17) is 4.74 Å². The molecule has 1 atom stereocenters. The van der Waals surface area contributed by atoms with Crippen LogP contribution in [0.15, 0.2) is 48.5 Å². The molecule has 2 aliphatic heterocycles. The van der Waals surface area contributed by atoms with Gasteiger partial charge in [0.05, 0.1) is 18.2 Å². The third-order valence-electron chi connectivity index (χ3n) is 6.06. The zero-order valence-electron chi connectivity index (χ0n) is 18.0. The van der Waals surface area contributed by atoms with Gasteiger partial charge in [0.1, 0.15) is 11.8 Å². The SMILES string of the molecule is COc1ccc(C(=O)NC2CCN(C(=O)C(C)N3C(=O)c4ccccc4C3=O)CC2)cc1. The van der Waals surface area contributed by atoms with Gasteiger partial charge in [-0.15, -0.1) is 0 Å². The van der Waals surface area contributed by atoms with E-state index in [9.17, 15) is 19.2 Å². The summed E-state index contributed by atoms with van der Waals surface area (Å²) in [5.74, 6) is -0.627. The molecule has 2 aromatic carbocycles. The minimum Gasteiger partial charge on any atom is -0.497 e. The van der Waals surface area contributed by atoms with Gasteiger partial charge in [-0.2, -0.15) is 0 Å². The van der Waals surface area contributed by atoms with Crippen LogP contribution in [0.4, 0.5) is 0 Å². The Labute approximate surface area is 186 Å². The van der Waals surface area contributed by atoms with E-state index < -0.39 is 17.9 Å². The highest BCUT2D eigenvalue weighted by Gasteiger charge is 2.42. The van der Waals surface area contributed by atoms with E-state index in [-0.39, 0.29) is 17.9 Å². The molecule has 2 aliphatic rings. The minimum atomic E-state index is -0.882. The number of carbonyl (C=O) groups excluding carboxylic acids is 4. The first-order valence-electron chi connectivity index (χ1n) is 10.6. The molecule has 32 heavy (non-hydrogen) atoms. The number of fused-ring (bicyclic) bond motifs is 1. The molecule has 2 heterocycles. The maximum Gasteiger partial charge on any atom is 0.262 e. The van der Waals surface area contributed by atoms with Gasteiger partial charge in [0.25, 0.3) is 17.7 Å². The third-order valence-corrected chi connectivity index (χ3v) is 6.06. The van der Waals surface area contributed by atoms with Crippen molar-refractivity contribution in [2.24, 2.45) is 0 Å². The van der Waals surface area contributed by atoms with Gasteiger partial charge < -0.3 is 15.0 Å². The van der Waals surface area contributed by atoms with Crippen LogP contribution < -0.4 is 10.1 Å². The Morgan fingerprint density at radius 2 is 1.53 bits per heavy atom. The number of rotatable bonds is 5. The Morgan fingerprint density at radius 1 is 0.969 bits per heavy atom. The average molecular weight is 435 g/mol. The maximum absolute atomic E-state index is 13.0. The van der Waals surface area contributed by atoms with Crippen molar-refractivity contribution >= 4 is 23.6 Å². The molecule has 1 unspecified atom stereocenters. The van der Waals surface area contributed by atoms with Crippen molar-refractivity contribution in [1.29, 1.82) is 0 Å². The molecule has 8 heteroatoms. The molecule has 0 saturated carbocycles. The lowest BCUT2D eigenvalue weighted by Crippen LogP contribution is -2.53. The second-order valence-corrected chi connectivity index (χ2v) is 8.00. The number of carbonyl (C=O) groups is 4. The molecule has 0 aromatic heterocycles. The van der Waals surface area contributed by atoms with Gasteiger partial charge in [-0.1, -0.05) is 12.1 Å². The summed E-state index contributed by atoms with van der Waals surface area (Å²) in [7, 11) is 1.57. The number of amides is 4. The Bertz CT molecular complexity index is 1020. The molecular weight excluding hydrogens is 410 g/mol. The molecule has 4 amide bonds. The summed E-state index contributed by atoms with van der Waals surface area (Å²) >= 11 is 0. The van der Waals surface area contributed by atoms with Gasteiger partial charge >= 0.3 is 0 Å². The number of benzene rings is 2. The molecule has 0 aliphatic carbocycles. The standard InChI is InChI=1S/C24H25N3O5/c1-15(27-23(30)19-5-3-4-6-20(19)24(27)31)22(29)26-13-11-17(12-14-26)25-21(28)16-7-9-18(32-2)10-8-16/h3-10,15,17H,11-14H2,1-2H3,(H,25,28). The molecule has 0 radical (unpaired) electrons. The first-order chi connectivity index (χ1) is 15.4. The number of imide groups is 1. The molecule has 0 spiro atoms.